The minimum atomic E-state index is 0.455. The Kier molecular flexibility index (Phi) is 4.75. The SMILES string of the molecule is CCNc1nc(C)cc(N2CCN(c3ccnc(C#N)c3)CC2)n1. The second-order valence-electron chi connectivity index (χ2n) is 5.71. The van der Waals surface area contributed by atoms with Gasteiger partial charge in [0.1, 0.15) is 17.6 Å². The molecule has 0 amide bonds. The standard InChI is InChI=1S/C17H21N7/c1-3-19-17-21-13(2)10-16(22-17)24-8-6-23(7-9-24)15-4-5-20-14(11-15)12-18/h4-5,10-11H,3,6-9H2,1-2H3,(H,19,21,22). The first-order valence-corrected chi connectivity index (χ1v) is 8.15. The van der Waals surface area contributed by atoms with E-state index in [4.69, 9.17) is 5.26 Å². The quantitative estimate of drug-likeness (QED) is 0.919. The summed E-state index contributed by atoms with van der Waals surface area (Å²) in [5.74, 6) is 1.65. The van der Waals surface area contributed by atoms with Crippen LogP contribution in [-0.4, -0.2) is 47.7 Å². The van der Waals surface area contributed by atoms with Crippen LogP contribution in [0.5, 0.6) is 0 Å². The van der Waals surface area contributed by atoms with Crippen molar-refractivity contribution in [2.75, 3.05) is 47.8 Å². The lowest BCUT2D eigenvalue weighted by Crippen LogP contribution is -2.47. The fourth-order valence-electron chi connectivity index (χ4n) is 2.82. The zero-order valence-corrected chi connectivity index (χ0v) is 14.0. The van der Waals surface area contributed by atoms with Gasteiger partial charge in [0, 0.05) is 56.4 Å². The van der Waals surface area contributed by atoms with Crippen LogP contribution < -0.4 is 15.1 Å². The summed E-state index contributed by atoms with van der Waals surface area (Å²) in [7, 11) is 0. The van der Waals surface area contributed by atoms with Crippen LogP contribution in [0.4, 0.5) is 17.5 Å². The van der Waals surface area contributed by atoms with Crippen molar-refractivity contribution < 1.29 is 0 Å². The van der Waals surface area contributed by atoms with Crippen molar-refractivity contribution in [2.24, 2.45) is 0 Å². The van der Waals surface area contributed by atoms with Gasteiger partial charge in [-0.15, -0.1) is 0 Å². The van der Waals surface area contributed by atoms with E-state index >= 15 is 0 Å². The fourth-order valence-corrected chi connectivity index (χ4v) is 2.82. The molecule has 1 aliphatic heterocycles. The largest absolute Gasteiger partial charge is 0.368 e. The van der Waals surface area contributed by atoms with Crippen molar-refractivity contribution in [1.82, 2.24) is 15.0 Å². The lowest BCUT2D eigenvalue weighted by atomic mass is 10.2. The predicted octanol–water partition coefficient (Wildman–Crippen LogP) is 1.81. The summed E-state index contributed by atoms with van der Waals surface area (Å²) in [5.41, 5.74) is 2.47. The van der Waals surface area contributed by atoms with Crippen molar-refractivity contribution >= 4 is 17.5 Å². The van der Waals surface area contributed by atoms with Crippen molar-refractivity contribution in [2.45, 2.75) is 13.8 Å². The van der Waals surface area contributed by atoms with Gasteiger partial charge >= 0.3 is 0 Å². The highest BCUT2D eigenvalue weighted by Crippen LogP contribution is 2.20. The second kappa shape index (κ2) is 7.13. The molecule has 0 bridgehead atoms. The number of rotatable bonds is 4. The van der Waals surface area contributed by atoms with Gasteiger partial charge < -0.3 is 15.1 Å². The Morgan fingerprint density at radius 3 is 2.62 bits per heavy atom. The van der Waals surface area contributed by atoms with E-state index in [1.54, 1.807) is 6.20 Å². The maximum absolute atomic E-state index is 8.99. The molecule has 0 unspecified atom stereocenters. The van der Waals surface area contributed by atoms with Crippen LogP contribution in [0, 0.1) is 18.3 Å². The number of nitrogens with one attached hydrogen (secondary N) is 1. The van der Waals surface area contributed by atoms with Crippen LogP contribution in [0.2, 0.25) is 0 Å². The molecule has 3 heterocycles. The molecular formula is C17H21N7. The van der Waals surface area contributed by atoms with Crippen LogP contribution in [0.1, 0.15) is 18.3 Å². The molecule has 3 rings (SSSR count). The van der Waals surface area contributed by atoms with Gasteiger partial charge in [-0.2, -0.15) is 10.2 Å². The van der Waals surface area contributed by atoms with Gasteiger partial charge in [-0.1, -0.05) is 0 Å². The summed E-state index contributed by atoms with van der Waals surface area (Å²) >= 11 is 0. The molecule has 7 nitrogen and oxygen atoms in total. The molecule has 2 aromatic rings. The van der Waals surface area contributed by atoms with Gasteiger partial charge in [0.05, 0.1) is 0 Å². The van der Waals surface area contributed by atoms with E-state index in [2.05, 4.69) is 36.1 Å². The van der Waals surface area contributed by atoms with E-state index in [1.165, 1.54) is 0 Å². The Morgan fingerprint density at radius 2 is 1.92 bits per heavy atom. The first-order chi connectivity index (χ1) is 11.7. The highest BCUT2D eigenvalue weighted by Gasteiger charge is 2.19. The molecule has 24 heavy (non-hydrogen) atoms. The number of nitrogens with zero attached hydrogens (tertiary/aromatic N) is 6. The second-order valence-corrected chi connectivity index (χ2v) is 5.71. The van der Waals surface area contributed by atoms with Crippen LogP contribution >= 0.6 is 0 Å². The lowest BCUT2D eigenvalue weighted by Gasteiger charge is -2.36. The Hall–Kier alpha value is -2.88. The normalized spacial score (nSPS) is 14.4. The average Bonchev–Trinajstić information content (AvgIpc) is 2.62. The van der Waals surface area contributed by atoms with E-state index < -0.39 is 0 Å². The van der Waals surface area contributed by atoms with Gasteiger partial charge in [-0.25, -0.2) is 9.97 Å². The van der Waals surface area contributed by atoms with Crippen LogP contribution in [0.15, 0.2) is 24.4 Å². The first-order valence-electron chi connectivity index (χ1n) is 8.15. The van der Waals surface area contributed by atoms with E-state index in [0.717, 1.165) is 49.9 Å². The Balaban J connectivity index is 1.70. The number of nitriles is 1. The minimum Gasteiger partial charge on any atom is -0.368 e. The summed E-state index contributed by atoms with van der Waals surface area (Å²) in [6, 6.07) is 7.91. The van der Waals surface area contributed by atoms with Crippen molar-refractivity contribution in [3.05, 3.63) is 35.8 Å². The Morgan fingerprint density at radius 1 is 1.17 bits per heavy atom. The molecule has 1 fully saturated rings. The zero-order chi connectivity index (χ0) is 16.9. The highest BCUT2D eigenvalue weighted by molar-refractivity contribution is 5.52. The molecule has 0 aliphatic carbocycles. The number of hydrogen-bond acceptors (Lipinski definition) is 7. The van der Waals surface area contributed by atoms with E-state index in [0.29, 0.717) is 11.6 Å². The van der Waals surface area contributed by atoms with Crippen molar-refractivity contribution in [3.8, 4) is 6.07 Å². The van der Waals surface area contributed by atoms with Crippen LogP contribution in [0.3, 0.4) is 0 Å². The smallest absolute Gasteiger partial charge is 0.224 e. The molecule has 1 N–H and O–H groups in total. The summed E-state index contributed by atoms with van der Waals surface area (Å²) in [5, 5.41) is 12.2. The number of aromatic nitrogens is 3. The average molecular weight is 323 g/mol. The van der Waals surface area contributed by atoms with E-state index in [-0.39, 0.29) is 0 Å². The third-order valence-electron chi connectivity index (χ3n) is 4.00. The highest BCUT2D eigenvalue weighted by atomic mass is 15.3. The van der Waals surface area contributed by atoms with Crippen LogP contribution in [0.25, 0.3) is 0 Å². The molecule has 0 radical (unpaired) electrons. The molecule has 1 aliphatic rings. The number of hydrogen-bond donors (Lipinski definition) is 1. The summed E-state index contributed by atoms with van der Waals surface area (Å²) in [6.07, 6.45) is 1.69. The fraction of sp³-hybridized carbons (Fsp3) is 0.412. The summed E-state index contributed by atoms with van der Waals surface area (Å²) in [4.78, 5) is 17.6. The molecule has 1 saturated heterocycles. The third kappa shape index (κ3) is 3.54. The maximum atomic E-state index is 8.99. The molecule has 0 saturated carbocycles. The molecular weight excluding hydrogens is 302 g/mol. The lowest BCUT2D eigenvalue weighted by molar-refractivity contribution is 0.646. The zero-order valence-electron chi connectivity index (χ0n) is 14.0. The predicted molar refractivity (Wildman–Crippen MR) is 94.3 cm³/mol. The van der Waals surface area contributed by atoms with Gasteiger partial charge in [-0.05, 0) is 26.0 Å². The molecule has 124 valence electrons. The number of aryl methyl sites for hydroxylation is 1. The summed E-state index contributed by atoms with van der Waals surface area (Å²) in [6.45, 7) is 8.36. The molecule has 0 atom stereocenters. The van der Waals surface area contributed by atoms with Gasteiger partial charge in [0.2, 0.25) is 5.95 Å². The van der Waals surface area contributed by atoms with E-state index in [1.807, 2.05) is 32.0 Å². The first kappa shape index (κ1) is 16.0. The number of anilines is 3. The Bertz CT molecular complexity index is 745. The minimum absolute atomic E-state index is 0.455. The third-order valence-corrected chi connectivity index (χ3v) is 4.00. The monoisotopic (exact) mass is 323 g/mol. The maximum Gasteiger partial charge on any atom is 0.224 e. The van der Waals surface area contributed by atoms with Gasteiger partial charge in [0.25, 0.3) is 0 Å². The Labute approximate surface area is 142 Å². The topological polar surface area (TPSA) is 81.0 Å². The molecule has 2 aromatic heterocycles. The number of piperazine rings is 1. The molecule has 0 aromatic carbocycles. The van der Waals surface area contributed by atoms with Gasteiger partial charge in [-0.3, -0.25) is 0 Å². The number of pyridine rings is 1. The molecule has 7 heteroatoms. The van der Waals surface area contributed by atoms with Gasteiger partial charge in [0.15, 0.2) is 0 Å². The van der Waals surface area contributed by atoms with Crippen molar-refractivity contribution in [3.63, 3.8) is 0 Å². The summed E-state index contributed by atoms with van der Waals surface area (Å²) < 4.78 is 0. The van der Waals surface area contributed by atoms with Crippen molar-refractivity contribution in [1.29, 1.82) is 5.26 Å². The molecule has 0 spiro atoms. The van der Waals surface area contributed by atoms with Crippen LogP contribution in [-0.2, 0) is 0 Å². The van der Waals surface area contributed by atoms with E-state index in [9.17, 15) is 0 Å².